The molecule has 0 spiro atoms. The van der Waals surface area contributed by atoms with Crippen LogP contribution in [0.1, 0.15) is 46.0 Å². The molecule has 3 unspecified atom stereocenters. The fourth-order valence-corrected chi connectivity index (χ4v) is 2.86. The predicted octanol–water partition coefficient (Wildman–Crippen LogP) is 1.60. The number of amides is 1. The van der Waals surface area contributed by atoms with Crippen LogP contribution in [0.25, 0.3) is 0 Å². The maximum absolute atomic E-state index is 12.1. The van der Waals surface area contributed by atoms with E-state index < -0.39 is 0 Å². The molecule has 1 amide bonds. The second kappa shape index (κ2) is 7.85. The highest BCUT2D eigenvalue weighted by molar-refractivity contribution is 5.76. The lowest BCUT2D eigenvalue weighted by Gasteiger charge is -2.29. The van der Waals surface area contributed by atoms with Crippen molar-refractivity contribution in [2.24, 2.45) is 17.6 Å². The third kappa shape index (κ3) is 6.39. The molecule has 0 aromatic carbocycles. The number of hydrogen-bond acceptors (Lipinski definition) is 3. The van der Waals surface area contributed by atoms with Gasteiger partial charge in [-0.1, -0.05) is 20.3 Å². The van der Waals surface area contributed by atoms with Crippen molar-refractivity contribution in [2.75, 3.05) is 20.6 Å². The van der Waals surface area contributed by atoms with Crippen LogP contribution in [0.15, 0.2) is 0 Å². The molecule has 0 aliphatic heterocycles. The summed E-state index contributed by atoms with van der Waals surface area (Å²) in [6.45, 7) is 5.21. The molecule has 3 atom stereocenters. The molecule has 1 aliphatic rings. The lowest BCUT2D eigenvalue weighted by atomic mass is 9.84. The normalized spacial score (nSPS) is 25.6. The molecule has 19 heavy (non-hydrogen) atoms. The summed E-state index contributed by atoms with van der Waals surface area (Å²) >= 11 is 0. The molecule has 1 aliphatic carbocycles. The molecule has 4 nitrogen and oxygen atoms in total. The summed E-state index contributed by atoms with van der Waals surface area (Å²) in [4.78, 5) is 14.3. The Morgan fingerprint density at radius 3 is 2.58 bits per heavy atom. The van der Waals surface area contributed by atoms with Crippen LogP contribution in [0.3, 0.4) is 0 Å². The average molecular weight is 269 g/mol. The van der Waals surface area contributed by atoms with E-state index in [4.69, 9.17) is 5.73 Å². The molecule has 1 fully saturated rings. The summed E-state index contributed by atoms with van der Waals surface area (Å²) in [5, 5.41) is 3.19. The molecule has 3 N–H and O–H groups in total. The molecule has 0 aromatic rings. The van der Waals surface area contributed by atoms with Crippen LogP contribution in [0, 0.1) is 11.8 Å². The van der Waals surface area contributed by atoms with Gasteiger partial charge in [0.2, 0.25) is 5.91 Å². The van der Waals surface area contributed by atoms with Crippen molar-refractivity contribution in [3.63, 3.8) is 0 Å². The first-order valence-corrected chi connectivity index (χ1v) is 7.58. The SMILES string of the molecule is CC(C)C(CN(C)C)NC(=O)CC1CCCC(N)C1. The summed E-state index contributed by atoms with van der Waals surface area (Å²) in [5.41, 5.74) is 5.98. The van der Waals surface area contributed by atoms with Crippen molar-refractivity contribution in [1.82, 2.24) is 10.2 Å². The summed E-state index contributed by atoms with van der Waals surface area (Å²) in [6, 6.07) is 0.536. The molecule has 4 heteroatoms. The number of nitrogens with two attached hydrogens (primary N) is 1. The summed E-state index contributed by atoms with van der Waals surface area (Å²) in [7, 11) is 4.09. The Bertz CT molecular complexity index is 279. The maximum atomic E-state index is 12.1. The molecule has 0 saturated heterocycles. The van der Waals surface area contributed by atoms with Crippen LogP contribution in [-0.4, -0.2) is 43.5 Å². The zero-order valence-corrected chi connectivity index (χ0v) is 13.0. The number of hydrogen-bond donors (Lipinski definition) is 2. The van der Waals surface area contributed by atoms with E-state index in [2.05, 4.69) is 24.1 Å². The summed E-state index contributed by atoms with van der Waals surface area (Å²) in [6.07, 6.45) is 5.09. The van der Waals surface area contributed by atoms with Gasteiger partial charge in [0.1, 0.15) is 0 Å². The Kier molecular flexibility index (Phi) is 6.80. The van der Waals surface area contributed by atoms with E-state index in [1.165, 1.54) is 6.42 Å². The van der Waals surface area contributed by atoms with Crippen molar-refractivity contribution in [3.05, 3.63) is 0 Å². The van der Waals surface area contributed by atoms with Gasteiger partial charge in [0.05, 0.1) is 0 Å². The Morgan fingerprint density at radius 2 is 2.05 bits per heavy atom. The largest absolute Gasteiger partial charge is 0.352 e. The van der Waals surface area contributed by atoms with Crippen LogP contribution in [0.4, 0.5) is 0 Å². The van der Waals surface area contributed by atoms with Crippen LogP contribution in [0.2, 0.25) is 0 Å². The highest BCUT2D eigenvalue weighted by atomic mass is 16.1. The molecular formula is C15H31N3O. The fourth-order valence-electron chi connectivity index (χ4n) is 2.86. The highest BCUT2D eigenvalue weighted by Gasteiger charge is 2.23. The maximum Gasteiger partial charge on any atom is 0.220 e. The van der Waals surface area contributed by atoms with E-state index in [1.807, 2.05) is 14.1 Å². The molecule has 0 radical (unpaired) electrons. The first-order valence-electron chi connectivity index (χ1n) is 7.58. The lowest BCUT2D eigenvalue weighted by Crippen LogP contribution is -2.45. The second-order valence-corrected chi connectivity index (χ2v) is 6.68. The van der Waals surface area contributed by atoms with Gasteiger partial charge in [0.15, 0.2) is 0 Å². The third-order valence-electron chi connectivity index (χ3n) is 4.01. The van der Waals surface area contributed by atoms with Gasteiger partial charge in [-0.05, 0) is 45.2 Å². The second-order valence-electron chi connectivity index (χ2n) is 6.68. The average Bonchev–Trinajstić information content (AvgIpc) is 2.27. The van der Waals surface area contributed by atoms with Crippen LogP contribution in [0.5, 0.6) is 0 Å². The number of carbonyl (C=O) groups excluding carboxylic acids is 1. The number of carbonyl (C=O) groups is 1. The molecule has 1 rings (SSSR count). The van der Waals surface area contributed by atoms with Crippen LogP contribution in [-0.2, 0) is 4.79 Å². The first kappa shape index (κ1) is 16.4. The zero-order valence-electron chi connectivity index (χ0n) is 13.0. The van der Waals surface area contributed by atoms with Crippen LogP contribution < -0.4 is 11.1 Å². The molecule has 0 heterocycles. The monoisotopic (exact) mass is 269 g/mol. The van der Waals surface area contributed by atoms with Gasteiger partial charge in [-0.25, -0.2) is 0 Å². The van der Waals surface area contributed by atoms with E-state index in [0.29, 0.717) is 24.3 Å². The van der Waals surface area contributed by atoms with E-state index in [1.54, 1.807) is 0 Å². The molecular weight excluding hydrogens is 238 g/mol. The fraction of sp³-hybridized carbons (Fsp3) is 0.933. The quantitative estimate of drug-likeness (QED) is 0.770. The van der Waals surface area contributed by atoms with Gasteiger partial charge < -0.3 is 16.0 Å². The Morgan fingerprint density at radius 1 is 1.37 bits per heavy atom. The highest BCUT2D eigenvalue weighted by Crippen LogP contribution is 2.25. The van der Waals surface area contributed by atoms with Crippen molar-refractivity contribution in [1.29, 1.82) is 0 Å². The van der Waals surface area contributed by atoms with E-state index in [0.717, 1.165) is 25.8 Å². The summed E-state index contributed by atoms with van der Waals surface area (Å²) < 4.78 is 0. The minimum atomic E-state index is 0.194. The van der Waals surface area contributed by atoms with Crippen LogP contribution >= 0.6 is 0 Å². The van der Waals surface area contributed by atoms with Crippen molar-refractivity contribution in [2.45, 2.75) is 58.0 Å². The topological polar surface area (TPSA) is 58.4 Å². The van der Waals surface area contributed by atoms with Gasteiger partial charge >= 0.3 is 0 Å². The number of nitrogens with zero attached hydrogens (tertiary/aromatic N) is 1. The molecule has 0 aromatic heterocycles. The third-order valence-corrected chi connectivity index (χ3v) is 4.01. The number of rotatable bonds is 6. The van der Waals surface area contributed by atoms with E-state index >= 15 is 0 Å². The molecule has 112 valence electrons. The van der Waals surface area contributed by atoms with Gasteiger partial charge in [-0.15, -0.1) is 0 Å². The number of likely N-dealkylation sites (N-methyl/N-ethyl adjacent to an activating group) is 1. The predicted molar refractivity (Wildman–Crippen MR) is 79.9 cm³/mol. The molecule has 1 saturated carbocycles. The van der Waals surface area contributed by atoms with Gasteiger partial charge in [0, 0.05) is 25.0 Å². The smallest absolute Gasteiger partial charge is 0.220 e. The van der Waals surface area contributed by atoms with Crippen molar-refractivity contribution < 1.29 is 4.79 Å². The minimum Gasteiger partial charge on any atom is -0.352 e. The summed E-state index contributed by atoms with van der Waals surface area (Å²) in [5.74, 6) is 1.13. The van der Waals surface area contributed by atoms with Crippen molar-refractivity contribution in [3.8, 4) is 0 Å². The Labute approximate surface area is 118 Å². The number of nitrogens with one attached hydrogen (secondary N) is 1. The van der Waals surface area contributed by atoms with Gasteiger partial charge in [-0.3, -0.25) is 4.79 Å². The van der Waals surface area contributed by atoms with Crippen molar-refractivity contribution >= 4 is 5.91 Å². The minimum absolute atomic E-state index is 0.194. The molecule has 0 bridgehead atoms. The Hall–Kier alpha value is -0.610. The van der Waals surface area contributed by atoms with E-state index in [9.17, 15) is 4.79 Å². The Balaban J connectivity index is 2.39. The van der Waals surface area contributed by atoms with Gasteiger partial charge in [-0.2, -0.15) is 0 Å². The first-order chi connectivity index (χ1) is 8.88. The standard InChI is InChI=1S/C15H31N3O/c1-11(2)14(10-18(3)4)17-15(19)9-12-6-5-7-13(16)8-12/h11-14H,5-10,16H2,1-4H3,(H,17,19). The van der Waals surface area contributed by atoms with Gasteiger partial charge in [0.25, 0.3) is 0 Å². The van der Waals surface area contributed by atoms with E-state index in [-0.39, 0.29) is 11.9 Å². The lowest BCUT2D eigenvalue weighted by molar-refractivity contribution is -0.123. The zero-order chi connectivity index (χ0) is 14.4.